The number of β-amino-alcohol motifs (C(OH)–C–C–N with tert-alkyl or cyclic N) is 1. The Morgan fingerprint density at radius 3 is 2.70 bits per heavy atom. The second kappa shape index (κ2) is 9.01. The van der Waals surface area contributed by atoms with Crippen molar-refractivity contribution in [1.82, 2.24) is 15.5 Å². The van der Waals surface area contributed by atoms with Crippen LogP contribution in [0.15, 0.2) is 30.3 Å². The summed E-state index contributed by atoms with van der Waals surface area (Å²) in [5, 5.41) is 16.6. The van der Waals surface area contributed by atoms with Gasteiger partial charge in [-0.15, -0.1) is 0 Å². The van der Waals surface area contributed by atoms with E-state index >= 15 is 0 Å². The predicted molar refractivity (Wildman–Crippen MR) is 92.3 cm³/mol. The summed E-state index contributed by atoms with van der Waals surface area (Å²) < 4.78 is 0. The first kappa shape index (κ1) is 17.9. The van der Waals surface area contributed by atoms with Crippen molar-refractivity contribution in [1.29, 1.82) is 0 Å². The molecule has 0 aliphatic carbocycles. The summed E-state index contributed by atoms with van der Waals surface area (Å²) in [5.74, 6) is 0.0565. The molecule has 0 radical (unpaired) electrons. The Balaban J connectivity index is 1.97. The molecular formula is C18H29N3O2. The monoisotopic (exact) mass is 319 g/mol. The quantitative estimate of drug-likeness (QED) is 0.695. The largest absolute Gasteiger partial charge is 0.390 e. The summed E-state index contributed by atoms with van der Waals surface area (Å²) in [7, 11) is 3.56. The van der Waals surface area contributed by atoms with Crippen LogP contribution in [0.1, 0.15) is 24.8 Å². The maximum Gasteiger partial charge on any atom is 0.237 e. The van der Waals surface area contributed by atoms with Gasteiger partial charge in [-0.3, -0.25) is 9.69 Å². The number of benzene rings is 1. The molecule has 128 valence electrons. The van der Waals surface area contributed by atoms with Crippen LogP contribution in [0.2, 0.25) is 0 Å². The molecule has 1 heterocycles. The smallest absolute Gasteiger partial charge is 0.237 e. The number of carbonyl (C=O) groups excluding carboxylic acids is 1. The minimum Gasteiger partial charge on any atom is -0.390 e. The van der Waals surface area contributed by atoms with E-state index in [0.717, 1.165) is 32.2 Å². The van der Waals surface area contributed by atoms with Crippen LogP contribution in [0.4, 0.5) is 0 Å². The maximum absolute atomic E-state index is 12.0. The lowest BCUT2D eigenvalue weighted by Crippen LogP contribution is -2.54. The molecule has 3 atom stereocenters. The van der Waals surface area contributed by atoms with Crippen LogP contribution in [0.25, 0.3) is 0 Å². The second-order valence-corrected chi connectivity index (χ2v) is 6.27. The van der Waals surface area contributed by atoms with Crippen molar-refractivity contribution in [2.24, 2.45) is 0 Å². The Labute approximate surface area is 139 Å². The zero-order valence-corrected chi connectivity index (χ0v) is 14.2. The fourth-order valence-corrected chi connectivity index (χ4v) is 3.34. The highest BCUT2D eigenvalue weighted by Gasteiger charge is 2.31. The molecule has 5 heteroatoms. The van der Waals surface area contributed by atoms with Gasteiger partial charge >= 0.3 is 0 Å². The van der Waals surface area contributed by atoms with Gasteiger partial charge in [-0.25, -0.2) is 0 Å². The van der Waals surface area contributed by atoms with Gasteiger partial charge in [0.25, 0.3) is 0 Å². The summed E-state index contributed by atoms with van der Waals surface area (Å²) >= 11 is 0. The van der Waals surface area contributed by atoms with Crippen LogP contribution in [0.5, 0.6) is 0 Å². The van der Waals surface area contributed by atoms with Gasteiger partial charge in [-0.05, 0) is 38.4 Å². The second-order valence-electron chi connectivity index (χ2n) is 6.27. The average Bonchev–Trinajstić information content (AvgIpc) is 2.60. The average molecular weight is 319 g/mol. The Bertz CT molecular complexity index is 480. The molecule has 0 saturated carbocycles. The first-order chi connectivity index (χ1) is 11.2. The Hall–Kier alpha value is -1.43. The molecule has 1 aromatic rings. The highest BCUT2D eigenvalue weighted by atomic mass is 16.3. The Morgan fingerprint density at radius 1 is 1.30 bits per heavy atom. The fourth-order valence-electron chi connectivity index (χ4n) is 3.34. The first-order valence-corrected chi connectivity index (χ1v) is 8.50. The molecule has 0 spiro atoms. The molecule has 3 unspecified atom stereocenters. The standard InChI is InChI=1S/C18H29N3O2/c1-19-15(12-14-8-4-3-5-9-14)17(22)13-21-11-7-6-10-16(21)18(23)20-2/h3-5,8-9,15-17,19,22H,6-7,10-13H2,1-2H3,(H,20,23). The number of hydrogen-bond donors (Lipinski definition) is 3. The van der Waals surface area contributed by atoms with E-state index in [1.807, 2.05) is 25.2 Å². The summed E-state index contributed by atoms with van der Waals surface area (Å²) in [6.07, 6.45) is 3.30. The van der Waals surface area contributed by atoms with Gasteiger partial charge in [0.2, 0.25) is 5.91 Å². The van der Waals surface area contributed by atoms with Crippen molar-refractivity contribution in [2.45, 2.75) is 43.9 Å². The van der Waals surface area contributed by atoms with Crippen molar-refractivity contribution in [3.05, 3.63) is 35.9 Å². The molecule has 5 nitrogen and oxygen atoms in total. The van der Waals surface area contributed by atoms with Crippen LogP contribution in [0, 0.1) is 0 Å². The lowest BCUT2D eigenvalue weighted by Gasteiger charge is -2.37. The van der Waals surface area contributed by atoms with Gasteiger partial charge in [-0.1, -0.05) is 36.8 Å². The summed E-state index contributed by atoms with van der Waals surface area (Å²) in [6.45, 7) is 1.40. The number of likely N-dealkylation sites (tertiary alicyclic amines) is 1. The number of nitrogens with one attached hydrogen (secondary N) is 2. The van der Waals surface area contributed by atoms with Gasteiger partial charge in [0, 0.05) is 19.6 Å². The zero-order valence-electron chi connectivity index (χ0n) is 14.2. The normalized spacial score (nSPS) is 21.6. The Morgan fingerprint density at radius 2 is 2.04 bits per heavy atom. The summed E-state index contributed by atoms with van der Waals surface area (Å²) in [4.78, 5) is 14.2. The molecule has 1 aliphatic heterocycles. The van der Waals surface area contributed by atoms with E-state index in [4.69, 9.17) is 0 Å². The zero-order chi connectivity index (χ0) is 16.7. The molecule has 0 bridgehead atoms. The van der Waals surface area contributed by atoms with Crippen molar-refractivity contribution in [3.63, 3.8) is 0 Å². The molecule has 1 aromatic carbocycles. The van der Waals surface area contributed by atoms with Gasteiger partial charge in [0.15, 0.2) is 0 Å². The predicted octanol–water partition coefficient (Wildman–Crippen LogP) is 0.778. The third kappa shape index (κ3) is 5.03. The third-order valence-corrected chi connectivity index (χ3v) is 4.72. The topological polar surface area (TPSA) is 64.6 Å². The maximum atomic E-state index is 12.0. The van der Waals surface area contributed by atoms with Crippen molar-refractivity contribution in [3.8, 4) is 0 Å². The van der Waals surface area contributed by atoms with Gasteiger partial charge < -0.3 is 15.7 Å². The molecule has 1 amide bonds. The third-order valence-electron chi connectivity index (χ3n) is 4.72. The van der Waals surface area contributed by atoms with E-state index in [-0.39, 0.29) is 18.0 Å². The van der Waals surface area contributed by atoms with Crippen LogP contribution in [-0.4, -0.2) is 61.3 Å². The van der Waals surface area contributed by atoms with E-state index in [9.17, 15) is 9.90 Å². The fraction of sp³-hybridized carbons (Fsp3) is 0.611. The van der Waals surface area contributed by atoms with E-state index in [1.165, 1.54) is 5.56 Å². The number of aliphatic hydroxyl groups is 1. The number of amides is 1. The molecule has 1 aliphatic rings. The Kier molecular flexibility index (Phi) is 7.02. The summed E-state index contributed by atoms with van der Waals surface area (Å²) in [5.41, 5.74) is 1.20. The SMILES string of the molecule is CNC(=O)C1CCCCN1CC(O)C(Cc1ccccc1)NC. The van der Waals surface area contributed by atoms with Crippen molar-refractivity contribution < 1.29 is 9.90 Å². The lowest BCUT2D eigenvalue weighted by atomic mass is 9.97. The highest BCUT2D eigenvalue weighted by molar-refractivity contribution is 5.81. The number of hydrogen-bond acceptors (Lipinski definition) is 4. The minimum absolute atomic E-state index is 0.0235. The molecule has 0 aromatic heterocycles. The molecule has 1 fully saturated rings. The number of carbonyl (C=O) groups is 1. The molecule has 23 heavy (non-hydrogen) atoms. The van der Waals surface area contributed by atoms with Gasteiger partial charge in [-0.2, -0.15) is 0 Å². The van der Waals surface area contributed by atoms with Crippen LogP contribution in [-0.2, 0) is 11.2 Å². The van der Waals surface area contributed by atoms with Gasteiger partial charge in [0.1, 0.15) is 0 Å². The van der Waals surface area contributed by atoms with Gasteiger partial charge in [0.05, 0.1) is 12.1 Å². The van der Waals surface area contributed by atoms with E-state index in [2.05, 4.69) is 27.7 Å². The number of piperidine rings is 1. The van der Waals surface area contributed by atoms with E-state index in [0.29, 0.717) is 6.54 Å². The highest BCUT2D eigenvalue weighted by Crippen LogP contribution is 2.18. The minimum atomic E-state index is -0.509. The number of aliphatic hydroxyl groups excluding tert-OH is 1. The van der Waals surface area contributed by atoms with Crippen LogP contribution >= 0.6 is 0 Å². The molecule has 2 rings (SSSR count). The molecular weight excluding hydrogens is 290 g/mol. The summed E-state index contributed by atoms with van der Waals surface area (Å²) in [6, 6.07) is 10.0. The van der Waals surface area contributed by atoms with Crippen molar-refractivity contribution >= 4 is 5.91 Å². The first-order valence-electron chi connectivity index (χ1n) is 8.50. The van der Waals surface area contributed by atoms with Crippen LogP contribution < -0.4 is 10.6 Å². The van der Waals surface area contributed by atoms with Crippen LogP contribution in [0.3, 0.4) is 0 Å². The van der Waals surface area contributed by atoms with Crippen molar-refractivity contribution in [2.75, 3.05) is 27.2 Å². The molecule has 1 saturated heterocycles. The number of nitrogens with zero attached hydrogens (tertiary/aromatic N) is 1. The molecule has 3 N–H and O–H groups in total. The number of likely N-dealkylation sites (N-methyl/N-ethyl adjacent to an activating group) is 2. The lowest BCUT2D eigenvalue weighted by molar-refractivity contribution is -0.127. The van der Waals surface area contributed by atoms with E-state index in [1.54, 1.807) is 7.05 Å². The van der Waals surface area contributed by atoms with E-state index < -0.39 is 6.10 Å². The number of rotatable bonds is 7.